The molecule has 0 aliphatic heterocycles. The van der Waals surface area contributed by atoms with Crippen molar-refractivity contribution >= 4 is 17.3 Å². The third-order valence-corrected chi connectivity index (χ3v) is 5.41. The van der Waals surface area contributed by atoms with E-state index in [-0.39, 0.29) is 18.4 Å². The highest BCUT2D eigenvalue weighted by Gasteiger charge is 2.24. The molecule has 0 saturated heterocycles. The van der Waals surface area contributed by atoms with Crippen molar-refractivity contribution in [1.29, 1.82) is 0 Å². The SMILES string of the molecule is CCNC(=NCC(C)(O)c1cccs1)NCC(c1ccc(F)cc1)N(C)C. The average Bonchev–Trinajstić information content (AvgIpc) is 3.16. The van der Waals surface area contributed by atoms with Gasteiger partial charge >= 0.3 is 0 Å². The van der Waals surface area contributed by atoms with E-state index in [1.165, 1.54) is 23.5 Å². The Bertz CT molecular complexity index is 714. The van der Waals surface area contributed by atoms with E-state index in [0.717, 1.165) is 17.0 Å². The van der Waals surface area contributed by atoms with E-state index in [1.54, 1.807) is 19.1 Å². The van der Waals surface area contributed by atoms with Crippen molar-refractivity contribution in [2.75, 3.05) is 33.7 Å². The van der Waals surface area contributed by atoms with Gasteiger partial charge in [0.1, 0.15) is 11.4 Å². The van der Waals surface area contributed by atoms with Gasteiger partial charge in [0.25, 0.3) is 0 Å². The van der Waals surface area contributed by atoms with Crippen LogP contribution in [0.2, 0.25) is 0 Å². The molecule has 7 heteroatoms. The third kappa shape index (κ3) is 6.30. The lowest BCUT2D eigenvalue weighted by atomic mass is 10.1. The molecule has 0 aliphatic rings. The standard InChI is InChI=1S/C20H29FN4OS/c1-5-22-19(24-14-20(2,26)18-7-6-12-27-18)23-13-17(25(3)4)15-8-10-16(21)11-9-15/h6-12,17,26H,5,13-14H2,1-4H3,(H2,22,23,24). The normalized spacial score (nSPS) is 15.4. The average molecular weight is 393 g/mol. The molecule has 5 nitrogen and oxygen atoms in total. The molecule has 1 aromatic heterocycles. The van der Waals surface area contributed by atoms with E-state index < -0.39 is 5.60 Å². The number of thiophene rings is 1. The third-order valence-electron chi connectivity index (χ3n) is 4.28. The van der Waals surface area contributed by atoms with Crippen LogP contribution in [0.5, 0.6) is 0 Å². The molecule has 0 aliphatic carbocycles. The molecule has 0 spiro atoms. The molecule has 0 amide bonds. The summed E-state index contributed by atoms with van der Waals surface area (Å²) in [5.74, 6) is 0.401. The molecule has 2 aromatic rings. The number of nitrogens with one attached hydrogen (secondary N) is 2. The first-order valence-electron chi connectivity index (χ1n) is 9.04. The van der Waals surface area contributed by atoms with E-state index in [2.05, 4.69) is 20.5 Å². The Kier molecular flexibility index (Phi) is 7.77. The quantitative estimate of drug-likeness (QED) is 0.478. The molecule has 148 valence electrons. The molecule has 0 fully saturated rings. The van der Waals surface area contributed by atoms with Gasteiger partial charge in [0.2, 0.25) is 0 Å². The van der Waals surface area contributed by atoms with Gasteiger partial charge in [0.15, 0.2) is 5.96 Å². The van der Waals surface area contributed by atoms with E-state index >= 15 is 0 Å². The second kappa shape index (κ2) is 9.82. The minimum absolute atomic E-state index is 0.0623. The van der Waals surface area contributed by atoms with Crippen LogP contribution < -0.4 is 10.6 Å². The Morgan fingerprint density at radius 2 is 1.96 bits per heavy atom. The number of halogens is 1. The van der Waals surface area contributed by atoms with E-state index in [0.29, 0.717) is 12.5 Å². The fourth-order valence-electron chi connectivity index (χ4n) is 2.71. The molecular weight excluding hydrogens is 363 g/mol. The van der Waals surface area contributed by atoms with Crippen LogP contribution in [0.25, 0.3) is 0 Å². The highest BCUT2D eigenvalue weighted by Crippen LogP contribution is 2.25. The van der Waals surface area contributed by atoms with Gasteiger partial charge in [-0.25, -0.2) is 9.38 Å². The van der Waals surface area contributed by atoms with Crippen molar-refractivity contribution in [3.8, 4) is 0 Å². The number of hydrogen-bond acceptors (Lipinski definition) is 4. The van der Waals surface area contributed by atoms with Crippen LogP contribution in [-0.2, 0) is 5.60 Å². The molecule has 0 radical (unpaired) electrons. The predicted octanol–water partition coefficient (Wildman–Crippen LogP) is 2.95. The Hall–Kier alpha value is -1.96. The summed E-state index contributed by atoms with van der Waals surface area (Å²) in [5, 5.41) is 19.1. The van der Waals surface area contributed by atoms with Crippen LogP contribution in [-0.4, -0.2) is 49.7 Å². The van der Waals surface area contributed by atoms with Gasteiger partial charge in [-0.15, -0.1) is 11.3 Å². The number of guanidine groups is 1. The number of hydrogen-bond donors (Lipinski definition) is 3. The molecule has 1 heterocycles. The number of aliphatic hydroxyl groups is 1. The molecule has 0 saturated carbocycles. The van der Waals surface area contributed by atoms with Crippen LogP contribution in [0.3, 0.4) is 0 Å². The van der Waals surface area contributed by atoms with Gasteiger partial charge < -0.3 is 20.6 Å². The Labute approximate surface area is 164 Å². The molecule has 2 atom stereocenters. The van der Waals surface area contributed by atoms with Gasteiger partial charge in [0.05, 0.1) is 12.6 Å². The zero-order valence-electron chi connectivity index (χ0n) is 16.4. The van der Waals surface area contributed by atoms with Gasteiger partial charge in [-0.05, 0) is 57.1 Å². The second-order valence-electron chi connectivity index (χ2n) is 6.86. The van der Waals surface area contributed by atoms with Crippen LogP contribution in [0.15, 0.2) is 46.8 Å². The monoisotopic (exact) mass is 392 g/mol. The van der Waals surface area contributed by atoms with Gasteiger partial charge in [0, 0.05) is 18.0 Å². The number of benzene rings is 1. The zero-order chi connectivity index (χ0) is 19.9. The summed E-state index contributed by atoms with van der Waals surface area (Å²) >= 11 is 1.52. The first kappa shape index (κ1) is 21.3. The molecule has 3 N–H and O–H groups in total. The van der Waals surface area contributed by atoms with Crippen molar-refractivity contribution in [2.24, 2.45) is 4.99 Å². The van der Waals surface area contributed by atoms with Crippen molar-refractivity contribution in [3.05, 3.63) is 58.0 Å². The lowest BCUT2D eigenvalue weighted by Gasteiger charge is -2.26. The van der Waals surface area contributed by atoms with Gasteiger partial charge in [-0.3, -0.25) is 0 Å². The molecule has 1 aromatic carbocycles. The maximum atomic E-state index is 13.2. The Morgan fingerprint density at radius 3 is 2.52 bits per heavy atom. The number of rotatable bonds is 8. The van der Waals surface area contributed by atoms with E-state index in [4.69, 9.17) is 0 Å². The molecular formula is C20H29FN4OS. The number of nitrogens with zero attached hydrogens (tertiary/aromatic N) is 2. The van der Waals surface area contributed by atoms with Crippen LogP contribution >= 0.6 is 11.3 Å². The first-order valence-corrected chi connectivity index (χ1v) is 9.92. The van der Waals surface area contributed by atoms with Crippen LogP contribution in [0.1, 0.15) is 30.3 Å². The van der Waals surface area contributed by atoms with Gasteiger partial charge in [-0.1, -0.05) is 18.2 Å². The minimum atomic E-state index is -1.01. The maximum Gasteiger partial charge on any atom is 0.191 e. The summed E-state index contributed by atoms with van der Waals surface area (Å²) in [6.45, 7) is 5.35. The highest BCUT2D eigenvalue weighted by atomic mass is 32.1. The largest absolute Gasteiger partial charge is 0.383 e. The number of aliphatic imine (C=N–C) groups is 1. The van der Waals surface area contributed by atoms with E-state index in [9.17, 15) is 9.50 Å². The van der Waals surface area contributed by atoms with Crippen molar-refractivity contribution < 1.29 is 9.50 Å². The fourth-order valence-corrected chi connectivity index (χ4v) is 3.49. The van der Waals surface area contributed by atoms with Crippen molar-refractivity contribution in [3.63, 3.8) is 0 Å². The fraction of sp³-hybridized carbons (Fsp3) is 0.450. The molecule has 0 bridgehead atoms. The Balaban J connectivity index is 2.06. The van der Waals surface area contributed by atoms with Crippen LogP contribution in [0, 0.1) is 5.82 Å². The summed E-state index contributed by atoms with van der Waals surface area (Å²) in [7, 11) is 3.97. The Morgan fingerprint density at radius 1 is 1.26 bits per heavy atom. The summed E-state index contributed by atoms with van der Waals surface area (Å²) in [6, 6.07) is 10.4. The molecule has 27 heavy (non-hydrogen) atoms. The zero-order valence-corrected chi connectivity index (χ0v) is 17.2. The highest BCUT2D eigenvalue weighted by molar-refractivity contribution is 7.10. The summed E-state index contributed by atoms with van der Waals surface area (Å²) in [4.78, 5) is 7.52. The summed E-state index contributed by atoms with van der Waals surface area (Å²) in [5.41, 5.74) is 0.0179. The van der Waals surface area contributed by atoms with E-state index in [1.807, 2.05) is 38.5 Å². The lowest BCUT2D eigenvalue weighted by Crippen LogP contribution is -2.42. The summed E-state index contributed by atoms with van der Waals surface area (Å²) in [6.07, 6.45) is 0. The predicted molar refractivity (Wildman–Crippen MR) is 111 cm³/mol. The maximum absolute atomic E-state index is 13.2. The van der Waals surface area contributed by atoms with Crippen molar-refractivity contribution in [1.82, 2.24) is 15.5 Å². The van der Waals surface area contributed by atoms with Crippen LogP contribution in [0.4, 0.5) is 4.39 Å². The number of likely N-dealkylation sites (N-methyl/N-ethyl adjacent to an activating group) is 1. The topological polar surface area (TPSA) is 59.9 Å². The second-order valence-corrected chi connectivity index (χ2v) is 7.81. The molecule has 2 unspecified atom stereocenters. The lowest BCUT2D eigenvalue weighted by molar-refractivity contribution is 0.0711. The van der Waals surface area contributed by atoms with Crippen molar-refractivity contribution in [2.45, 2.75) is 25.5 Å². The minimum Gasteiger partial charge on any atom is -0.383 e. The summed E-state index contributed by atoms with van der Waals surface area (Å²) < 4.78 is 13.2. The van der Waals surface area contributed by atoms with Gasteiger partial charge in [-0.2, -0.15) is 0 Å². The smallest absolute Gasteiger partial charge is 0.191 e. The first-order chi connectivity index (χ1) is 12.8. The molecule has 2 rings (SSSR count).